The van der Waals surface area contributed by atoms with Gasteiger partial charge in [0.1, 0.15) is 5.75 Å². The van der Waals surface area contributed by atoms with E-state index in [-0.39, 0.29) is 11.8 Å². The fraction of sp³-hybridized carbons (Fsp3) is 0.290. The molecular formula is C31H33NO4. The van der Waals surface area contributed by atoms with Crippen LogP contribution in [0.1, 0.15) is 43.2 Å². The maximum Gasteiger partial charge on any atom is 0.330 e. The van der Waals surface area contributed by atoms with Crippen molar-refractivity contribution in [3.8, 4) is 16.9 Å². The molecule has 0 saturated heterocycles. The monoisotopic (exact) mass is 483 g/mol. The highest BCUT2D eigenvalue weighted by atomic mass is 16.5. The number of benzene rings is 3. The van der Waals surface area contributed by atoms with E-state index >= 15 is 0 Å². The Bertz CT molecular complexity index is 1210. The minimum Gasteiger partial charge on any atom is -0.496 e. The van der Waals surface area contributed by atoms with Crippen LogP contribution in [0.25, 0.3) is 17.2 Å². The third kappa shape index (κ3) is 6.22. The van der Waals surface area contributed by atoms with E-state index in [1.165, 1.54) is 19.6 Å². The Balaban J connectivity index is 1.62. The largest absolute Gasteiger partial charge is 0.496 e. The van der Waals surface area contributed by atoms with Crippen LogP contribution >= 0.6 is 0 Å². The molecule has 0 radical (unpaired) electrons. The lowest BCUT2D eigenvalue weighted by Crippen LogP contribution is -2.36. The van der Waals surface area contributed by atoms with Crippen LogP contribution in [-0.2, 0) is 20.9 Å². The first kappa shape index (κ1) is 25.2. The van der Waals surface area contributed by atoms with Gasteiger partial charge in [-0.05, 0) is 53.8 Å². The van der Waals surface area contributed by atoms with Gasteiger partial charge in [0.25, 0.3) is 0 Å². The van der Waals surface area contributed by atoms with E-state index < -0.39 is 5.97 Å². The maximum atomic E-state index is 13.7. The SMILES string of the molecule is COC(=O)/C=C/c1cccc(N(Cc2ccc(-c3ccccc3OC)cc2)C(=O)C2CCCCC2)c1. The van der Waals surface area contributed by atoms with Crippen LogP contribution in [0.3, 0.4) is 0 Å². The van der Waals surface area contributed by atoms with Crippen LogP contribution in [-0.4, -0.2) is 26.1 Å². The van der Waals surface area contributed by atoms with Crippen molar-refractivity contribution >= 4 is 23.6 Å². The van der Waals surface area contributed by atoms with Crippen molar-refractivity contribution in [2.45, 2.75) is 38.6 Å². The lowest BCUT2D eigenvalue weighted by atomic mass is 9.88. The molecule has 0 heterocycles. The summed E-state index contributed by atoms with van der Waals surface area (Å²) in [5.41, 5.74) is 4.81. The predicted molar refractivity (Wildman–Crippen MR) is 144 cm³/mol. The quantitative estimate of drug-likeness (QED) is 0.265. The lowest BCUT2D eigenvalue weighted by molar-refractivity contribution is -0.134. The van der Waals surface area contributed by atoms with Crippen molar-refractivity contribution < 1.29 is 19.1 Å². The van der Waals surface area contributed by atoms with E-state index in [4.69, 9.17) is 9.47 Å². The van der Waals surface area contributed by atoms with Gasteiger partial charge in [0.15, 0.2) is 0 Å². The molecule has 3 aromatic rings. The summed E-state index contributed by atoms with van der Waals surface area (Å²) in [5.74, 6) is 0.625. The van der Waals surface area contributed by atoms with Gasteiger partial charge in [-0.1, -0.05) is 73.9 Å². The van der Waals surface area contributed by atoms with Gasteiger partial charge >= 0.3 is 5.97 Å². The van der Waals surface area contributed by atoms with E-state index in [0.717, 1.165) is 59.4 Å². The molecule has 0 unspecified atom stereocenters. The Morgan fingerprint density at radius 3 is 2.39 bits per heavy atom. The third-order valence-electron chi connectivity index (χ3n) is 6.73. The molecule has 0 aliphatic heterocycles. The number of amides is 1. The zero-order valence-electron chi connectivity index (χ0n) is 21.0. The Labute approximate surface area is 213 Å². The molecule has 5 nitrogen and oxygen atoms in total. The number of esters is 1. The molecule has 0 bridgehead atoms. The fourth-order valence-electron chi connectivity index (χ4n) is 4.75. The van der Waals surface area contributed by atoms with Crippen LogP contribution < -0.4 is 9.64 Å². The zero-order chi connectivity index (χ0) is 25.3. The minimum absolute atomic E-state index is 0.0425. The maximum absolute atomic E-state index is 13.7. The number of ether oxygens (including phenoxy) is 2. The molecule has 0 atom stereocenters. The van der Waals surface area contributed by atoms with Gasteiger partial charge in [0.2, 0.25) is 5.91 Å². The fourth-order valence-corrected chi connectivity index (χ4v) is 4.75. The van der Waals surface area contributed by atoms with Gasteiger partial charge < -0.3 is 14.4 Å². The average molecular weight is 484 g/mol. The molecule has 1 aliphatic carbocycles. The average Bonchev–Trinajstić information content (AvgIpc) is 2.95. The summed E-state index contributed by atoms with van der Waals surface area (Å²) in [4.78, 5) is 27.2. The minimum atomic E-state index is -0.411. The Morgan fingerprint density at radius 2 is 1.67 bits per heavy atom. The van der Waals surface area contributed by atoms with E-state index in [9.17, 15) is 9.59 Å². The molecule has 1 saturated carbocycles. The Hall–Kier alpha value is -3.86. The number of hydrogen-bond acceptors (Lipinski definition) is 4. The second-order valence-corrected chi connectivity index (χ2v) is 9.11. The van der Waals surface area contributed by atoms with Gasteiger partial charge in [0, 0.05) is 23.2 Å². The summed E-state index contributed by atoms with van der Waals surface area (Å²) in [5, 5.41) is 0. The topological polar surface area (TPSA) is 55.8 Å². The Kier molecular flexibility index (Phi) is 8.56. The van der Waals surface area contributed by atoms with Crippen LogP contribution in [0.2, 0.25) is 0 Å². The number of methoxy groups -OCH3 is 2. The van der Waals surface area contributed by atoms with Crippen molar-refractivity contribution in [1.82, 2.24) is 0 Å². The number of hydrogen-bond donors (Lipinski definition) is 0. The van der Waals surface area contributed by atoms with Crippen LogP contribution in [0.5, 0.6) is 5.75 Å². The molecule has 186 valence electrons. The highest BCUT2D eigenvalue weighted by Crippen LogP contribution is 2.32. The molecule has 1 fully saturated rings. The molecule has 36 heavy (non-hydrogen) atoms. The third-order valence-corrected chi connectivity index (χ3v) is 6.73. The molecule has 1 aliphatic rings. The van der Waals surface area contributed by atoms with E-state index in [0.29, 0.717) is 6.54 Å². The normalized spacial score (nSPS) is 13.9. The molecule has 4 rings (SSSR count). The Morgan fingerprint density at radius 1 is 0.917 bits per heavy atom. The molecule has 1 amide bonds. The number of anilines is 1. The van der Waals surface area contributed by atoms with Gasteiger partial charge in [-0.25, -0.2) is 4.79 Å². The summed E-state index contributed by atoms with van der Waals surface area (Å²) in [6.07, 6.45) is 8.36. The van der Waals surface area contributed by atoms with Gasteiger partial charge in [-0.3, -0.25) is 4.79 Å². The highest BCUT2D eigenvalue weighted by Gasteiger charge is 2.27. The number of rotatable bonds is 8. The smallest absolute Gasteiger partial charge is 0.330 e. The van der Waals surface area contributed by atoms with Crippen molar-refractivity contribution in [1.29, 1.82) is 0 Å². The number of carbonyl (C=O) groups excluding carboxylic acids is 2. The van der Waals surface area contributed by atoms with Gasteiger partial charge in [-0.15, -0.1) is 0 Å². The summed E-state index contributed by atoms with van der Waals surface area (Å²) in [6.45, 7) is 0.478. The molecule has 3 aromatic carbocycles. The lowest BCUT2D eigenvalue weighted by Gasteiger charge is -2.30. The van der Waals surface area contributed by atoms with Crippen molar-refractivity contribution in [3.05, 3.63) is 90.0 Å². The molecule has 5 heteroatoms. The first-order chi connectivity index (χ1) is 17.6. The highest BCUT2D eigenvalue weighted by molar-refractivity contribution is 5.95. The number of nitrogens with zero attached hydrogens (tertiary/aromatic N) is 1. The molecule has 0 N–H and O–H groups in total. The van der Waals surface area contributed by atoms with Crippen molar-refractivity contribution in [2.75, 3.05) is 19.1 Å². The second kappa shape index (κ2) is 12.2. The van der Waals surface area contributed by atoms with E-state index in [2.05, 4.69) is 24.3 Å². The number of para-hydroxylation sites is 1. The van der Waals surface area contributed by atoms with Gasteiger partial charge in [0.05, 0.1) is 20.8 Å². The molecular weight excluding hydrogens is 450 g/mol. The predicted octanol–water partition coefficient (Wildman–Crippen LogP) is 6.66. The summed E-state index contributed by atoms with van der Waals surface area (Å²) >= 11 is 0. The van der Waals surface area contributed by atoms with E-state index in [1.807, 2.05) is 53.4 Å². The summed E-state index contributed by atoms with van der Waals surface area (Å²) < 4.78 is 10.2. The van der Waals surface area contributed by atoms with Crippen molar-refractivity contribution in [2.24, 2.45) is 5.92 Å². The van der Waals surface area contributed by atoms with Crippen LogP contribution in [0.4, 0.5) is 5.69 Å². The number of carbonyl (C=O) groups is 2. The van der Waals surface area contributed by atoms with Gasteiger partial charge in [-0.2, -0.15) is 0 Å². The first-order valence-corrected chi connectivity index (χ1v) is 12.5. The van der Waals surface area contributed by atoms with Crippen LogP contribution in [0, 0.1) is 5.92 Å². The van der Waals surface area contributed by atoms with Crippen molar-refractivity contribution in [3.63, 3.8) is 0 Å². The zero-order valence-corrected chi connectivity index (χ0v) is 21.0. The first-order valence-electron chi connectivity index (χ1n) is 12.5. The molecule has 0 spiro atoms. The summed E-state index contributed by atoms with van der Waals surface area (Å²) in [6, 6.07) is 24.0. The standard InChI is InChI=1S/C31H33NO4/c1-35-29-14-7-6-13-28(29)25-18-15-24(16-19-25)22-32(31(34)26-10-4-3-5-11-26)27-12-8-9-23(21-27)17-20-30(33)36-2/h6-9,12-21,26H,3-5,10-11,22H2,1-2H3/b20-17+. The molecule has 0 aromatic heterocycles. The van der Waals surface area contributed by atoms with E-state index in [1.54, 1.807) is 13.2 Å². The second-order valence-electron chi connectivity index (χ2n) is 9.11. The van der Waals surface area contributed by atoms with Crippen LogP contribution in [0.15, 0.2) is 78.9 Å². The summed E-state index contributed by atoms with van der Waals surface area (Å²) in [7, 11) is 3.03.